The third kappa shape index (κ3) is 2.81. The maximum Gasteiger partial charge on any atom is 0.277 e. The van der Waals surface area contributed by atoms with Crippen LogP contribution < -0.4 is 5.32 Å². The Kier molecular flexibility index (Phi) is 3.83. The first-order valence-electron chi connectivity index (χ1n) is 8.94. The van der Waals surface area contributed by atoms with E-state index in [4.69, 9.17) is 0 Å². The Labute approximate surface area is 142 Å². The molecule has 1 aromatic rings. The van der Waals surface area contributed by atoms with Gasteiger partial charge in [-0.25, -0.2) is 5.06 Å². The van der Waals surface area contributed by atoms with Crippen LogP contribution in [-0.2, 0) is 17.6 Å². The highest BCUT2D eigenvalue weighted by Crippen LogP contribution is 2.40. The van der Waals surface area contributed by atoms with E-state index in [1.165, 1.54) is 17.5 Å². The zero-order chi connectivity index (χ0) is 16.7. The molecule has 5 heteroatoms. The van der Waals surface area contributed by atoms with Crippen LogP contribution in [0, 0.1) is 11.3 Å². The number of nitrogens with zero attached hydrogens (tertiary/aromatic N) is 1. The van der Waals surface area contributed by atoms with Crippen molar-refractivity contribution >= 4 is 11.8 Å². The summed E-state index contributed by atoms with van der Waals surface area (Å²) in [5.74, 6) is 0.295. The topological polar surface area (TPSA) is 69.6 Å². The lowest BCUT2D eigenvalue weighted by Gasteiger charge is -2.33. The molecule has 2 N–H and O–H groups in total. The van der Waals surface area contributed by atoms with Crippen molar-refractivity contribution in [1.82, 2.24) is 10.4 Å². The van der Waals surface area contributed by atoms with Crippen molar-refractivity contribution in [2.75, 3.05) is 13.1 Å². The first kappa shape index (κ1) is 15.6. The van der Waals surface area contributed by atoms with Gasteiger partial charge in [-0.05, 0) is 61.3 Å². The molecule has 2 amide bonds. The van der Waals surface area contributed by atoms with E-state index in [9.17, 15) is 14.8 Å². The van der Waals surface area contributed by atoms with E-state index in [2.05, 4.69) is 5.32 Å². The van der Waals surface area contributed by atoms with Gasteiger partial charge in [0, 0.05) is 23.9 Å². The number of benzene rings is 1. The second-order valence-corrected chi connectivity index (χ2v) is 7.80. The van der Waals surface area contributed by atoms with E-state index in [1.54, 1.807) is 0 Å². The molecule has 1 atom stereocenters. The number of fused-ring (bicyclic) bond motifs is 1. The number of carbonyl (C=O) groups excluding carboxylic acids is 2. The SMILES string of the molecule is O=C1C[C@]2(CCc3cc(C(=O)N(O)CC4CCC4)ccc3C2)CN1. The monoisotopic (exact) mass is 328 g/mol. The van der Waals surface area contributed by atoms with Gasteiger partial charge in [0.05, 0.1) is 6.54 Å². The number of amides is 2. The summed E-state index contributed by atoms with van der Waals surface area (Å²) in [6, 6.07) is 5.75. The first-order valence-corrected chi connectivity index (χ1v) is 8.94. The molecule has 1 aliphatic heterocycles. The lowest BCUT2D eigenvalue weighted by molar-refractivity contribution is -0.119. The number of hydrogen-bond acceptors (Lipinski definition) is 3. The van der Waals surface area contributed by atoms with Gasteiger partial charge in [0.1, 0.15) is 0 Å². The molecule has 0 radical (unpaired) electrons. The van der Waals surface area contributed by atoms with Crippen LogP contribution in [0.5, 0.6) is 0 Å². The third-order valence-corrected chi connectivity index (χ3v) is 6.03. The average molecular weight is 328 g/mol. The molecule has 1 spiro atoms. The molecule has 2 aliphatic carbocycles. The first-order chi connectivity index (χ1) is 11.5. The summed E-state index contributed by atoms with van der Waals surface area (Å²) < 4.78 is 0. The minimum atomic E-state index is -0.303. The number of carbonyl (C=O) groups is 2. The average Bonchev–Trinajstić information content (AvgIpc) is 2.90. The lowest BCUT2D eigenvalue weighted by atomic mass is 9.71. The molecule has 0 unspecified atom stereocenters. The number of hydrogen-bond donors (Lipinski definition) is 2. The molecule has 3 aliphatic rings. The Morgan fingerprint density at radius 3 is 2.79 bits per heavy atom. The fraction of sp³-hybridized carbons (Fsp3) is 0.579. The minimum absolute atomic E-state index is 0.0584. The van der Waals surface area contributed by atoms with Gasteiger partial charge in [-0.1, -0.05) is 12.5 Å². The highest BCUT2D eigenvalue weighted by molar-refractivity contribution is 5.93. The molecule has 1 saturated carbocycles. The summed E-state index contributed by atoms with van der Waals surface area (Å²) in [6.07, 6.45) is 6.76. The summed E-state index contributed by atoms with van der Waals surface area (Å²) in [4.78, 5) is 24.0. The highest BCUT2D eigenvalue weighted by Gasteiger charge is 2.40. The normalized spacial score (nSPS) is 26.0. The number of aryl methyl sites for hydroxylation is 1. The second kappa shape index (κ2) is 5.88. The molecular weight excluding hydrogens is 304 g/mol. The molecule has 4 rings (SSSR count). The maximum atomic E-state index is 12.4. The summed E-state index contributed by atoms with van der Waals surface area (Å²) in [5.41, 5.74) is 3.04. The second-order valence-electron chi connectivity index (χ2n) is 7.80. The molecule has 0 aromatic heterocycles. The zero-order valence-electron chi connectivity index (χ0n) is 13.9. The van der Waals surface area contributed by atoms with Gasteiger partial charge < -0.3 is 5.32 Å². The van der Waals surface area contributed by atoms with Crippen LogP contribution in [0.3, 0.4) is 0 Å². The number of hydroxylamine groups is 2. The van der Waals surface area contributed by atoms with Gasteiger partial charge in [-0.2, -0.15) is 0 Å². The maximum absolute atomic E-state index is 12.4. The van der Waals surface area contributed by atoms with Gasteiger partial charge in [-0.3, -0.25) is 14.8 Å². The van der Waals surface area contributed by atoms with Crippen LogP contribution in [0.2, 0.25) is 0 Å². The van der Waals surface area contributed by atoms with Crippen molar-refractivity contribution in [2.45, 2.75) is 44.9 Å². The van der Waals surface area contributed by atoms with Crippen molar-refractivity contribution in [2.24, 2.45) is 11.3 Å². The van der Waals surface area contributed by atoms with Crippen LogP contribution in [0.25, 0.3) is 0 Å². The Morgan fingerprint density at radius 2 is 2.12 bits per heavy atom. The number of nitrogens with one attached hydrogen (secondary N) is 1. The van der Waals surface area contributed by atoms with E-state index >= 15 is 0 Å². The molecule has 1 heterocycles. The third-order valence-electron chi connectivity index (χ3n) is 6.03. The lowest BCUT2D eigenvalue weighted by Crippen LogP contribution is -2.35. The molecular formula is C19H24N2O3. The highest BCUT2D eigenvalue weighted by atomic mass is 16.5. The molecule has 24 heavy (non-hydrogen) atoms. The van der Waals surface area contributed by atoms with Gasteiger partial charge >= 0.3 is 0 Å². The predicted molar refractivity (Wildman–Crippen MR) is 88.7 cm³/mol. The van der Waals surface area contributed by atoms with Crippen LogP contribution in [0.15, 0.2) is 18.2 Å². The van der Waals surface area contributed by atoms with Crippen molar-refractivity contribution in [3.8, 4) is 0 Å². The quantitative estimate of drug-likeness (QED) is 0.661. The van der Waals surface area contributed by atoms with Gasteiger partial charge in [-0.15, -0.1) is 0 Å². The summed E-state index contributed by atoms with van der Waals surface area (Å²) >= 11 is 0. The molecule has 2 fully saturated rings. The molecule has 128 valence electrons. The summed E-state index contributed by atoms with van der Waals surface area (Å²) in [5, 5.41) is 13.9. The van der Waals surface area contributed by atoms with E-state index < -0.39 is 0 Å². The Bertz CT molecular complexity index is 683. The van der Waals surface area contributed by atoms with E-state index in [0.29, 0.717) is 24.4 Å². The minimum Gasteiger partial charge on any atom is -0.356 e. The van der Waals surface area contributed by atoms with Crippen LogP contribution in [0.1, 0.15) is 53.6 Å². The van der Waals surface area contributed by atoms with Crippen molar-refractivity contribution < 1.29 is 14.8 Å². The van der Waals surface area contributed by atoms with E-state index in [0.717, 1.165) is 43.7 Å². The van der Waals surface area contributed by atoms with Crippen LogP contribution in [-0.4, -0.2) is 35.2 Å². The van der Waals surface area contributed by atoms with Crippen LogP contribution in [0.4, 0.5) is 0 Å². The Hall–Kier alpha value is -1.88. The van der Waals surface area contributed by atoms with Gasteiger partial charge in [0.25, 0.3) is 5.91 Å². The summed E-state index contributed by atoms with van der Waals surface area (Å²) in [7, 11) is 0. The number of rotatable bonds is 3. The van der Waals surface area contributed by atoms with Crippen molar-refractivity contribution in [3.63, 3.8) is 0 Å². The summed E-state index contributed by atoms with van der Waals surface area (Å²) in [6.45, 7) is 1.20. The van der Waals surface area contributed by atoms with E-state index in [1.807, 2.05) is 18.2 Å². The van der Waals surface area contributed by atoms with Crippen LogP contribution >= 0.6 is 0 Å². The fourth-order valence-corrected chi connectivity index (χ4v) is 4.26. The predicted octanol–water partition coefficient (Wildman–Crippen LogP) is 2.31. The Morgan fingerprint density at radius 1 is 1.29 bits per heavy atom. The van der Waals surface area contributed by atoms with Crippen molar-refractivity contribution in [1.29, 1.82) is 0 Å². The van der Waals surface area contributed by atoms with Gasteiger partial charge in [0.2, 0.25) is 5.91 Å². The van der Waals surface area contributed by atoms with Gasteiger partial charge in [0.15, 0.2) is 0 Å². The smallest absolute Gasteiger partial charge is 0.277 e. The zero-order valence-corrected chi connectivity index (χ0v) is 13.9. The fourth-order valence-electron chi connectivity index (χ4n) is 4.26. The van der Waals surface area contributed by atoms with Crippen molar-refractivity contribution in [3.05, 3.63) is 34.9 Å². The molecule has 0 bridgehead atoms. The molecule has 1 aromatic carbocycles. The Balaban J connectivity index is 1.48. The molecule has 5 nitrogen and oxygen atoms in total. The van der Waals surface area contributed by atoms with E-state index in [-0.39, 0.29) is 17.2 Å². The standard InChI is InChI=1S/C19H24N2O3/c22-17-10-19(12-20-17)7-6-14-8-15(4-5-16(14)9-19)18(23)21(24)11-13-2-1-3-13/h4-5,8,13,24H,1-3,6-7,9-12H2,(H,20,22)/t19-/m1/s1. The molecule has 1 saturated heterocycles. The largest absolute Gasteiger partial charge is 0.356 e.